The van der Waals surface area contributed by atoms with Crippen LogP contribution in [0.1, 0.15) is 82.5 Å². The molecule has 23 heteroatoms. The summed E-state index contributed by atoms with van der Waals surface area (Å²) in [5.74, 6) is -3.75. The van der Waals surface area contributed by atoms with Gasteiger partial charge >= 0.3 is 5.97 Å². The third-order valence-electron chi connectivity index (χ3n) is 17.3. The fourth-order valence-electron chi connectivity index (χ4n) is 12.9. The Morgan fingerprint density at radius 1 is 0.511 bits per heavy atom. The van der Waals surface area contributed by atoms with Crippen molar-refractivity contribution in [3.63, 3.8) is 0 Å². The van der Waals surface area contributed by atoms with Gasteiger partial charge in [-0.3, -0.25) is 33.8 Å². The highest BCUT2D eigenvalue weighted by molar-refractivity contribution is 6.22. The van der Waals surface area contributed by atoms with Gasteiger partial charge in [-0.1, -0.05) is 181 Å². The van der Waals surface area contributed by atoms with Gasteiger partial charge in [0, 0.05) is 17.4 Å². The molecule has 6 aliphatic rings. The fraction of sp³-hybridized carbons (Fsp3) is 0.338. The summed E-state index contributed by atoms with van der Waals surface area (Å²) in [5, 5.41) is 16.7. The summed E-state index contributed by atoms with van der Waals surface area (Å²) in [6.07, 6.45) is -20.2. The highest BCUT2D eigenvalue weighted by atomic mass is 16.8. The normalized spacial score (nSPS) is 28.9. The number of nitrogens with zero attached hydrogens (tertiary/aromatic N) is 5. The van der Waals surface area contributed by atoms with Crippen molar-refractivity contribution in [2.45, 2.75) is 132 Å². The maximum atomic E-state index is 15.5. The van der Waals surface area contributed by atoms with E-state index >= 15 is 9.59 Å². The number of rotatable bonds is 23. The average Bonchev–Trinajstić information content (AvgIpc) is 1.45. The van der Waals surface area contributed by atoms with Crippen molar-refractivity contribution in [3.8, 4) is 0 Å². The molecule has 16 atom stereocenters. The van der Waals surface area contributed by atoms with Gasteiger partial charge in [0.2, 0.25) is 0 Å². The molecule has 13 rings (SSSR count). The number of amides is 4. The lowest BCUT2D eigenvalue weighted by atomic mass is 9.92. The molecule has 0 aromatic heterocycles. The average molecular weight is 1280 g/mol. The lowest BCUT2D eigenvalue weighted by Gasteiger charge is -2.53. The van der Waals surface area contributed by atoms with Crippen LogP contribution in [0, 0.1) is 0 Å². The monoisotopic (exact) mass is 1280 g/mol. The number of esters is 1. The molecular weight excluding hydrogens is 1210 g/mol. The molecule has 94 heavy (non-hydrogen) atoms. The highest BCUT2D eigenvalue weighted by Crippen LogP contribution is 2.43. The number of carbonyl (C=O) groups is 5. The molecule has 4 amide bonds. The van der Waals surface area contributed by atoms with E-state index in [0.29, 0.717) is 16.7 Å². The molecule has 0 aliphatic carbocycles. The first kappa shape index (κ1) is 63.9. The zero-order chi connectivity index (χ0) is 64.7. The van der Waals surface area contributed by atoms with Gasteiger partial charge in [0.15, 0.2) is 31.2 Å². The first-order valence-corrected chi connectivity index (χ1v) is 31.0. The van der Waals surface area contributed by atoms with Crippen molar-refractivity contribution in [2.24, 2.45) is 5.11 Å². The quantitative estimate of drug-likeness (QED) is 0.0206. The van der Waals surface area contributed by atoms with Crippen LogP contribution in [0.2, 0.25) is 0 Å². The van der Waals surface area contributed by atoms with E-state index in [1.165, 1.54) is 31.2 Å². The number of benzene rings is 7. The van der Waals surface area contributed by atoms with Crippen LogP contribution >= 0.6 is 0 Å². The first-order valence-electron chi connectivity index (χ1n) is 31.0. The summed E-state index contributed by atoms with van der Waals surface area (Å²) < 4.78 is 81.1. The molecule has 0 radical (unpaired) electrons. The van der Waals surface area contributed by atoms with E-state index < -0.39 is 128 Å². The molecule has 0 saturated carbocycles. The van der Waals surface area contributed by atoms with Crippen molar-refractivity contribution in [1.29, 1.82) is 0 Å². The van der Waals surface area contributed by atoms with Gasteiger partial charge < -0.3 is 61.9 Å². The van der Waals surface area contributed by atoms with E-state index in [1.54, 1.807) is 24.3 Å². The van der Waals surface area contributed by atoms with Crippen molar-refractivity contribution in [3.05, 3.63) is 261 Å². The summed E-state index contributed by atoms with van der Waals surface area (Å²) in [5.41, 5.74) is 14.1. The SMILES string of the molecule is CC(=O)O[C@@H]1[C@H](O)[C@H](O[C@H]2[C@H](OCc3ccccc3)[C@@H](N3C(=O)c4ccccc4C3=O)[C@H](O[C@H]3[C@H](OCc4ccccc4)[C@@H](N4C(=O)c5ccccc5C4=O)[C@H](N=[N+]=[N-])O[C@@H]3COCc3ccccc3)O[C@@H]2COCc2ccccc2)O[C@@H]2COC(c3ccccc3)O[C@@H]12. The molecule has 1 unspecified atom stereocenters. The second-order valence-electron chi connectivity index (χ2n) is 23.4. The molecule has 7 aromatic carbocycles. The summed E-state index contributed by atoms with van der Waals surface area (Å²) >= 11 is 0. The zero-order valence-electron chi connectivity index (χ0n) is 50.9. The molecule has 6 heterocycles. The maximum absolute atomic E-state index is 15.5. The Morgan fingerprint density at radius 3 is 1.39 bits per heavy atom. The van der Waals surface area contributed by atoms with Crippen molar-refractivity contribution >= 4 is 29.6 Å². The van der Waals surface area contributed by atoms with Crippen LogP contribution in [-0.2, 0) is 88.1 Å². The van der Waals surface area contributed by atoms with E-state index in [9.17, 15) is 25.0 Å². The number of aliphatic hydroxyl groups excluding tert-OH is 1. The number of carbonyl (C=O) groups excluding carboxylic acids is 5. The van der Waals surface area contributed by atoms with Gasteiger partial charge in [-0.25, -0.2) is 0 Å². The van der Waals surface area contributed by atoms with E-state index in [-0.39, 0.29) is 68.5 Å². The Kier molecular flexibility index (Phi) is 19.8. The lowest BCUT2D eigenvalue weighted by Crippen LogP contribution is -2.71. The molecule has 4 saturated heterocycles. The number of aliphatic hydroxyl groups is 1. The second kappa shape index (κ2) is 29.2. The van der Waals surface area contributed by atoms with Gasteiger partial charge in [-0.15, -0.1) is 0 Å². The van der Waals surface area contributed by atoms with Crippen LogP contribution in [0.15, 0.2) is 205 Å². The van der Waals surface area contributed by atoms with Crippen molar-refractivity contribution < 1.29 is 85.9 Å². The minimum atomic E-state index is -1.83. The standard InChI is InChI=1S/C71H67N5O18/c1-42(77)88-63-57(78)71(91-54-41-87-69(92-60(54)63)47-29-15-6-16-30-47)94-59-53(40-84-36-44-23-9-3-10-24-44)90-70(56(62(59)86-38-46-27-13-5-14-28-46)76-67(81)50-33-19-20-34-51(50)68(76)82)93-58-52(39-83-35-43-21-7-2-8-22-43)89-64(73-74-72)55(61(58)85-37-45-25-11-4-12-26-45)75-65(79)48-31-17-18-32-49(48)66(75)80/h2-34,52-64,69-71,78H,35-41H2,1H3/t52-,53-,54-,55-,56-,57+,58-,59-,60-,61-,62-,63-,64-,69?,70+,71+/m1/s1. The van der Waals surface area contributed by atoms with Gasteiger partial charge in [0.25, 0.3) is 23.6 Å². The molecule has 0 bridgehead atoms. The van der Waals surface area contributed by atoms with E-state index in [1.807, 2.05) is 152 Å². The predicted molar refractivity (Wildman–Crippen MR) is 330 cm³/mol. The van der Waals surface area contributed by atoms with E-state index in [4.69, 9.17) is 56.8 Å². The number of fused-ring (bicyclic) bond motifs is 3. The Hall–Kier alpha value is -8.88. The summed E-state index contributed by atoms with van der Waals surface area (Å²) in [6, 6.07) is 55.1. The smallest absolute Gasteiger partial charge is 0.303 e. The summed E-state index contributed by atoms with van der Waals surface area (Å²) in [6.45, 7) is 0.161. The van der Waals surface area contributed by atoms with Crippen LogP contribution in [0.4, 0.5) is 0 Å². The Morgan fingerprint density at radius 2 is 0.926 bits per heavy atom. The van der Waals surface area contributed by atoms with Gasteiger partial charge in [0.1, 0.15) is 67.0 Å². The first-order chi connectivity index (χ1) is 46.0. The number of ether oxygens (including phenoxy) is 12. The number of imide groups is 2. The van der Waals surface area contributed by atoms with Gasteiger partial charge in [-0.05, 0) is 52.1 Å². The van der Waals surface area contributed by atoms with Gasteiger partial charge in [0.05, 0.1) is 68.5 Å². The van der Waals surface area contributed by atoms with Crippen LogP contribution in [0.5, 0.6) is 0 Å². The number of hydrogen-bond acceptors (Lipinski definition) is 19. The fourth-order valence-corrected chi connectivity index (χ4v) is 12.9. The van der Waals surface area contributed by atoms with Crippen molar-refractivity contribution in [2.75, 3.05) is 19.8 Å². The second-order valence-corrected chi connectivity index (χ2v) is 23.4. The third kappa shape index (κ3) is 13.6. The zero-order valence-corrected chi connectivity index (χ0v) is 50.9. The van der Waals surface area contributed by atoms with Crippen molar-refractivity contribution in [1.82, 2.24) is 9.80 Å². The number of hydrogen-bond donors (Lipinski definition) is 1. The van der Waals surface area contributed by atoms with Gasteiger partial charge in [-0.2, -0.15) is 0 Å². The number of azide groups is 1. The molecule has 0 spiro atoms. The highest BCUT2D eigenvalue weighted by Gasteiger charge is 2.62. The molecule has 6 aliphatic heterocycles. The van der Waals surface area contributed by atoms with Crippen LogP contribution in [0.25, 0.3) is 10.4 Å². The lowest BCUT2D eigenvalue weighted by molar-refractivity contribution is -0.388. The minimum absolute atomic E-state index is 0.0316. The summed E-state index contributed by atoms with van der Waals surface area (Å²) in [4.78, 5) is 78.9. The summed E-state index contributed by atoms with van der Waals surface area (Å²) in [7, 11) is 0. The molecule has 7 aromatic rings. The van der Waals surface area contributed by atoms with E-state index in [2.05, 4.69) is 10.0 Å². The Bertz CT molecular complexity index is 3770. The molecule has 23 nitrogen and oxygen atoms in total. The minimum Gasteiger partial charge on any atom is -0.457 e. The molecule has 1 N–H and O–H groups in total. The predicted octanol–water partition coefficient (Wildman–Crippen LogP) is 8.58. The van der Waals surface area contributed by atoms with E-state index in [0.717, 1.165) is 20.9 Å². The maximum Gasteiger partial charge on any atom is 0.303 e. The Balaban J connectivity index is 0.950. The largest absolute Gasteiger partial charge is 0.457 e. The van der Waals surface area contributed by atoms with Crippen LogP contribution in [-0.4, -0.2) is 156 Å². The third-order valence-corrected chi connectivity index (χ3v) is 17.3. The molecule has 484 valence electrons. The van der Waals surface area contributed by atoms with Crippen LogP contribution in [0.3, 0.4) is 0 Å². The molecular formula is C71H67N5O18. The molecule has 4 fully saturated rings. The Labute approximate surface area is 540 Å². The topological polar surface area (TPSA) is 272 Å². The van der Waals surface area contributed by atoms with Crippen LogP contribution < -0.4 is 0 Å².